The number of nitrogens with zero attached hydrogens (tertiary/aromatic N) is 1. The van der Waals surface area contributed by atoms with Crippen molar-refractivity contribution in [2.75, 3.05) is 13.7 Å². The number of nitrogens with one attached hydrogen (secondary N) is 1. The number of ether oxygens (including phenoxy) is 1. The van der Waals surface area contributed by atoms with E-state index in [9.17, 15) is 5.11 Å². The Morgan fingerprint density at radius 3 is 3.07 bits per heavy atom. The molecule has 0 aromatic heterocycles. The van der Waals surface area contributed by atoms with E-state index in [0.29, 0.717) is 5.75 Å². The number of benzene rings is 1. The molecule has 1 heterocycles. The fraction of sp³-hybridized carbons (Fsp3) is 0.364. The van der Waals surface area contributed by atoms with Gasteiger partial charge in [0.25, 0.3) is 0 Å². The van der Waals surface area contributed by atoms with E-state index in [4.69, 9.17) is 10.00 Å². The first-order chi connectivity index (χ1) is 7.26. The van der Waals surface area contributed by atoms with E-state index in [1.807, 2.05) is 0 Å². The zero-order valence-corrected chi connectivity index (χ0v) is 8.45. The van der Waals surface area contributed by atoms with Crippen LogP contribution in [-0.4, -0.2) is 18.8 Å². The normalized spacial score (nSPS) is 19.1. The molecule has 1 aromatic carbocycles. The van der Waals surface area contributed by atoms with Crippen LogP contribution < -0.4 is 10.1 Å². The highest BCUT2D eigenvalue weighted by atomic mass is 16.5. The van der Waals surface area contributed by atoms with E-state index in [1.54, 1.807) is 12.1 Å². The van der Waals surface area contributed by atoms with Gasteiger partial charge >= 0.3 is 0 Å². The smallest absolute Gasteiger partial charge is 0.160 e. The van der Waals surface area contributed by atoms with Crippen LogP contribution in [0, 0.1) is 11.3 Å². The number of nitriles is 1. The lowest BCUT2D eigenvalue weighted by Gasteiger charge is -2.22. The summed E-state index contributed by atoms with van der Waals surface area (Å²) in [5.74, 6) is 0.549. The van der Waals surface area contributed by atoms with Gasteiger partial charge in [0.15, 0.2) is 11.5 Å². The number of methoxy groups -OCH3 is 1. The Morgan fingerprint density at radius 1 is 1.60 bits per heavy atom. The molecule has 0 radical (unpaired) electrons. The summed E-state index contributed by atoms with van der Waals surface area (Å²) in [6.07, 6.45) is 0.851. The van der Waals surface area contributed by atoms with Crippen LogP contribution in [0.5, 0.6) is 11.5 Å². The molecule has 1 aromatic rings. The highest BCUT2D eigenvalue weighted by Gasteiger charge is 2.21. The Bertz CT molecular complexity index is 423. The van der Waals surface area contributed by atoms with Gasteiger partial charge in [-0.2, -0.15) is 5.26 Å². The third kappa shape index (κ3) is 1.62. The van der Waals surface area contributed by atoms with Crippen molar-refractivity contribution in [2.24, 2.45) is 0 Å². The summed E-state index contributed by atoms with van der Waals surface area (Å²) < 4.78 is 5.03. The molecule has 0 aliphatic carbocycles. The van der Waals surface area contributed by atoms with Crippen molar-refractivity contribution in [2.45, 2.75) is 12.5 Å². The van der Waals surface area contributed by atoms with Gasteiger partial charge in [0.1, 0.15) is 6.04 Å². The molecule has 0 spiro atoms. The van der Waals surface area contributed by atoms with Crippen LogP contribution >= 0.6 is 0 Å². The monoisotopic (exact) mass is 204 g/mol. The number of aromatic hydroxyl groups is 1. The average molecular weight is 204 g/mol. The first-order valence-electron chi connectivity index (χ1n) is 4.79. The van der Waals surface area contributed by atoms with E-state index in [1.165, 1.54) is 7.11 Å². The Hall–Kier alpha value is -1.73. The maximum atomic E-state index is 9.62. The van der Waals surface area contributed by atoms with E-state index in [0.717, 1.165) is 24.1 Å². The third-order valence-electron chi connectivity index (χ3n) is 2.62. The minimum Gasteiger partial charge on any atom is -0.504 e. The number of hydrogen-bond acceptors (Lipinski definition) is 4. The van der Waals surface area contributed by atoms with Crippen LogP contribution in [0.1, 0.15) is 17.2 Å². The van der Waals surface area contributed by atoms with Gasteiger partial charge in [-0.1, -0.05) is 0 Å². The Kier molecular flexibility index (Phi) is 2.48. The molecule has 4 heteroatoms. The molecule has 0 bridgehead atoms. The standard InChI is InChI=1S/C11H12N2O2/c1-15-11-4-7-2-3-13-9(6-12)8(7)5-10(11)14/h4-5,9,13-14H,2-3H2,1H3/t9-/m0/s1. The van der Waals surface area contributed by atoms with Crippen LogP contribution in [0.2, 0.25) is 0 Å². The van der Waals surface area contributed by atoms with Crippen molar-refractivity contribution in [3.63, 3.8) is 0 Å². The SMILES string of the molecule is COc1cc2c(cc1O)[C@H](C#N)NCC2. The first-order valence-corrected chi connectivity index (χ1v) is 4.79. The van der Waals surface area contributed by atoms with Crippen molar-refractivity contribution in [1.82, 2.24) is 5.32 Å². The van der Waals surface area contributed by atoms with Gasteiger partial charge in [-0.25, -0.2) is 0 Å². The highest BCUT2D eigenvalue weighted by Crippen LogP contribution is 2.33. The Balaban J connectivity index is 2.50. The number of hydrogen-bond donors (Lipinski definition) is 2. The van der Waals surface area contributed by atoms with Crippen molar-refractivity contribution in [3.05, 3.63) is 23.3 Å². The first kappa shape index (κ1) is 9.81. The number of phenols is 1. The molecule has 15 heavy (non-hydrogen) atoms. The molecule has 1 aliphatic rings. The van der Waals surface area contributed by atoms with Gasteiger partial charge in [-0.05, 0) is 29.7 Å². The number of fused-ring (bicyclic) bond motifs is 1. The van der Waals surface area contributed by atoms with Gasteiger partial charge in [0.2, 0.25) is 0 Å². The van der Waals surface area contributed by atoms with Gasteiger partial charge in [-0.15, -0.1) is 0 Å². The summed E-state index contributed by atoms with van der Waals surface area (Å²) in [6.45, 7) is 0.777. The second-order valence-corrected chi connectivity index (χ2v) is 3.49. The average Bonchev–Trinajstić information content (AvgIpc) is 2.27. The van der Waals surface area contributed by atoms with Crippen LogP contribution in [0.25, 0.3) is 0 Å². The van der Waals surface area contributed by atoms with Crippen molar-refractivity contribution >= 4 is 0 Å². The molecule has 0 saturated carbocycles. The van der Waals surface area contributed by atoms with E-state index < -0.39 is 0 Å². The molecular weight excluding hydrogens is 192 g/mol. The summed E-state index contributed by atoms with van der Waals surface area (Å²) in [4.78, 5) is 0. The zero-order chi connectivity index (χ0) is 10.8. The largest absolute Gasteiger partial charge is 0.504 e. The van der Waals surface area contributed by atoms with Gasteiger partial charge in [0.05, 0.1) is 13.2 Å². The zero-order valence-electron chi connectivity index (χ0n) is 8.45. The van der Waals surface area contributed by atoms with Gasteiger partial charge in [-0.3, -0.25) is 5.32 Å². The summed E-state index contributed by atoms with van der Waals surface area (Å²) in [7, 11) is 1.52. The van der Waals surface area contributed by atoms with Gasteiger partial charge < -0.3 is 9.84 Å². The molecule has 2 N–H and O–H groups in total. The molecule has 2 rings (SSSR count). The lowest BCUT2D eigenvalue weighted by molar-refractivity contribution is 0.371. The van der Waals surface area contributed by atoms with E-state index >= 15 is 0 Å². The predicted molar refractivity (Wildman–Crippen MR) is 54.7 cm³/mol. The van der Waals surface area contributed by atoms with Crippen molar-refractivity contribution in [3.8, 4) is 17.6 Å². The van der Waals surface area contributed by atoms with Crippen LogP contribution in [-0.2, 0) is 6.42 Å². The molecule has 0 fully saturated rings. The molecule has 0 unspecified atom stereocenters. The molecule has 0 amide bonds. The lowest BCUT2D eigenvalue weighted by Crippen LogP contribution is -2.28. The molecule has 1 aliphatic heterocycles. The number of rotatable bonds is 1. The maximum absolute atomic E-state index is 9.62. The summed E-state index contributed by atoms with van der Waals surface area (Å²) >= 11 is 0. The van der Waals surface area contributed by atoms with Gasteiger partial charge in [0, 0.05) is 6.54 Å². The third-order valence-corrected chi connectivity index (χ3v) is 2.62. The Labute approximate surface area is 88.1 Å². The minimum absolute atomic E-state index is 0.0835. The van der Waals surface area contributed by atoms with Crippen LogP contribution in [0.4, 0.5) is 0 Å². The molecule has 1 atom stereocenters. The van der Waals surface area contributed by atoms with Crippen molar-refractivity contribution < 1.29 is 9.84 Å². The molecule has 78 valence electrons. The Morgan fingerprint density at radius 2 is 2.40 bits per heavy atom. The fourth-order valence-electron chi connectivity index (χ4n) is 1.85. The molecular formula is C11H12N2O2. The number of phenolic OH excluding ortho intramolecular Hbond substituents is 1. The highest BCUT2D eigenvalue weighted by molar-refractivity contribution is 5.49. The van der Waals surface area contributed by atoms with E-state index in [-0.39, 0.29) is 11.8 Å². The summed E-state index contributed by atoms with van der Waals surface area (Å²) in [5, 5.41) is 21.6. The quantitative estimate of drug-likeness (QED) is 0.719. The second kappa shape index (κ2) is 3.79. The second-order valence-electron chi connectivity index (χ2n) is 3.49. The minimum atomic E-state index is -0.328. The molecule has 4 nitrogen and oxygen atoms in total. The van der Waals surface area contributed by atoms with Crippen molar-refractivity contribution in [1.29, 1.82) is 5.26 Å². The van der Waals surface area contributed by atoms with Crippen LogP contribution in [0.3, 0.4) is 0 Å². The van der Waals surface area contributed by atoms with E-state index in [2.05, 4.69) is 11.4 Å². The maximum Gasteiger partial charge on any atom is 0.160 e. The topological polar surface area (TPSA) is 65.3 Å². The predicted octanol–water partition coefficient (Wildman–Crippen LogP) is 1.11. The lowest BCUT2D eigenvalue weighted by atomic mass is 9.94. The van der Waals surface area contributed by atoms with Crippen LogP contribution in [0.15, 0.2) is 12.1 Å². The molecule has 0 saturated heterocycles. The summed E-state index contributed by atoms with van der Waals surface area (Å²) in [6, 6.07) is 5.24. The fourth-order valence-corrected chi connectivity index (χ4v) is 1.85. The summed E-state index contributed by atoms with van der Waals surface area (Å²) in [5.41, 5.74) is 1.91.